The van der Waals surface area contributed by atoms with Crippen molar-refractivity contribution < 1.29 is 28.6 Å². The predicted octanol–water partition coefficient (Wildman–Crippen LogP) is 6.09. The number of benzene rings is 4. The lowest BCUT2D eigenvalue weighted by Crippen LogP contribution is -2.29. The third kappa shape index (κ3) is 9.13. The van der Waals surface area contributed by atoms with Crippen molar-refractivity contribution in [2.24, 2.45) is 5.92 Å². The third-order valence-corrected chi connectivity index (χ3v) is 6.06. The van der Waals surface area contributed by atoms with Gasteiger partial charge in [0.15, 0.2) is 5.92 Å². The van der Waals surface area contributed by atoms with Crippen molar-refractivity contribution in [3.05, 3.63) is 132 Å². The van der Waals surface area contributed by atoms with Crippen molar-refractivity contribution >= 4 is 23.5 Å². The van der Waals surface area contributed by atoms with Gasteiger partial charge in [0.25, 0.3) is 0 Å². The minimum absolute atomic E-state index is 0.0209. The summed E-state index contributed by atoms with van der Waals surface area (Å²) in [5, 5.41) is 2.79. The average molecular weight is 538 g/mol. The minimum Gasteiger partial charge on any atom is -0.489 e. The van der Waals surface area contributed by atoms with Gasteiger partial charge in [0, 0.05) is 12.1 Å². The number of anilines is 1. The summed E-state index contributed by atoms with van der Waals surface area (Å²) in [6, 6.07) is 35.2. The molecule has 0 aliphatic heterocycles. The Morgan fingerprint density at radius 1 is 0.575 bits per heavy atom. The Morgan fingerprint density at radius 3 is 1.50 bits per heavy atom. The van der Waals surface area contributed by atoms with Crippen molar-refractivity contribution in [1.29, 1.82) is 0 Å². The molecule has 1 N–H and O–H groups in total. The summed E-state index contributed by atoms with van der Waals surface area (Å²) < 4.78 is 16.6. The molecule has 0 aliphatic rings. The maximum Gasteiger partial charge on any atom is 0.320 e. The molecule has 1 amide bonds. The van der Waals surface area contributed by atoms with Gasteiger partial charge >= 0.3 is 11.9 Å². The molecule has 0 unspecified atom stereocenters. The van der Waals surface area contributed by atoms with E-state index in [9.17, 15) is 14.4 Å². The fraction of sp³-hybridized carbons (Fsp3) is 0.182. The number of nitrogens with one attached hydrogen (secondary N) is 1. The Labute approximate surface area is 233 Å². The van der Waals surface area contributed by atoms with Crippen LogP contribution in [-0.4, -0.2) is 17.8 Å². The van der Waals surface area contributed by atoms with Crippen LogP contribution < -0.4 is 10.1 Å². The first-order chi connectivity index (χ1) is 19.6. The SMILES string of the molecule is O=C(CCC(C(=O)OCc1ccccc1)C(=O)OCc1ccccc1)Nc1ccc(OCc2ccccc2)cc1. The van der Waals surface area contributed by atoms with E-state index in [1.165, 1.54) is 0 Å². The molecule has 0 aliphatic carbocycles. The Bertz CT molecular complexity index is 1300. The molecular formula is C33H31NO6. The molecule has 40 heavy (non-hydrogen) atoms. The molecule has 0 atom stereocenters. The summed E-state index contributed by atoms with van der Waals surface area (Å²) in [7, 11) is 0. The third-order valence-electron chi connectivity index (χ3n) is 6.06. The van der Waals surface area contributed by atoms with Crippen LogP contribution in [0.4, 0.5) is 5.69 Å². The van der Waals surface area contributed by atoms with E-state index in [1.54, 1.807) is 24.3 Å². The molecule has 0 bridgehead atoms. The zero-order valence-corrected chi connectivity index (χ0v) is 22.0. The summed E-state index contributed by atoms with van der Waals surface area (Å²) in [6.07, 6.45) is -0.122. The van der Waals surface area contributed by atoms with Crippen molar-refractivity contribution in [3.8, 4) is 5.75 Å². The first kappa shape index (κ1) is 28.1. The van der Waals surface area contributed by atoms with Crippen molar-refractivity contribution in [3.63, 3.8) is 0 Å². The molecule has 4 rings (SSSR count). The second kappa shape index (κ2) is 14.9. The van der Waals surface area contributed by atoms with Crippen LogP contribution in [0.3, 0.4) is 0 Å². The van der Waals surface area contributed by atoms with Gasteiger partial charge in [0.1, 0.15) is 25.6 Å². The average Bonchev–Trinajstić information content (AvgIpc) is 3.00. The minimum atomic E-state index is -1.23. The van der Waals surface area contributed by atoms with Crippen molar-refractivity contribution in [2.45, 2.75) is 32.7 Å². The molecule has 0 saturated heterocycles. The fourth-order valence-electron chi connectivity index (χ4n) is 3.86. The van der Waals surface area contributed by atoms with Gasteiger partial charge in [-0.1, -0.05) is 91.0 Å². The second-order valence-corrected chi connectivity index (χ2v) is 9.12. The van der Waals surface area contributed by atoms with Gasteiger partial charge < -0.3 is 19.5 Å². The number of hydrogen-bond donors (Lipinski definition) is 1. The lowest BCUT2D eigenvalue weighted by molar-refractivity contribution is -0.164. The molecule has 4 aromatic carbocycles. The molecule has 4 aromatic rings. The first-order valence-corrected chi connectivity index (χ1v) is 13.0. The maximum atomic E-state index is 12.9. The Morgan fingerprint density at radius 2 is 1.02 bits per heavy atom. The number of carbonyl (C=O) groups excluding carboxylic acids is 3. The van der Waals surface area contributed by atoms with Gasteiger partial charge in [-0.25, -0.2) is 0 Å². The van der Waals surface area contributed by atoms with E-state index < -0.39 is 17.9 Å². The van der Waals surface area contributed by atoms with E-state index in [4.69, 9.17) is 14.2 Å². The Hall–Kier alpha value is -4.91. The zero-order valence-electron chi connectivity index (χ0n) is 22.0. The highest BCUT2D eigenvalue weighted by molar-refractivity contribution is 5.96. The topological polar surface area (TPSA) is 90.9 Å². The standard InChI is InChI=1S/C33H31NO6/c35-31(34-28-16-18-29(19-17-28)38-22-25-10-4-1-5-11-25)21-20-30(32(36)39-23-26-12-6-2-7-13-26)33(37)40-24-27-14-8-3-9-15-27/h1-19,30H,20-24H2,(H,34,35). The predicted molar refractivity (Wildman–Crippen MR) is 151 cm³/mol. The van der Waals surface area contributed by atoms with Crippen LogP contribution in [0.15, 0.2) is 115 Å². The molecular weight excluding hydrogens is 506 g/mol. The van der Waals surface area contributed by atoms with Gasteiger partial charge in [0.2, 0.25) is 5.91 Å². The highest BCUT2D eigenvalue weighted by Crippen LogP contribution is 2.19. The van der Waals surface area contributed by atoms with E-state index in [2.05, 4.69) is 5.32 Å². The largest absolute Gasteiger partial charge is 0.489 e. The quantitative estimate of drug-likeness (QED) is 0.164. The number of ether oxygens (including phenoxy) is 3. The number of amides is 1. The van der Waals surface area contributed by atoms with Gasteiger partial charge in [-0.3, -0.25) is 14.4 Å². The first-order valence-electron chi connectivity index (χ1n) is 13.0. The highest BCUT2D eigenvalue weighted by atomic mass is 16.6. The Kier molecular flexibility index (Phi) is 10.5. The van der Waals surface area contributed by atoms with Crippen LogP contribution in [0.5, 0.6) is 5.75 Å². The van der Waals surface area contributed by atoms with Gasteiger partial charge in [-0.15, -0.1) is 0 Å². The second-order valence-electron chi connectivity index (χ2n) is 9.12. The fourth-order valence-corrected chi connectivity index (χ4v) is 3.86. The van der Waals surface area contributed by atoms with Crippen LogP contribution >= 0.6 is 0 Å². The number of carbonyl (C=O) groups is 3. The van der Waals surface area contributed by atoms with Gasteiger partial charge in [0.05, 0.1) is 0 Å². The van der Waals surface area contributed by atoms with Crippen LogP contribution in [-0.2, 0) is 43.7 Å². The maximum absolute atomic E-state index is 12.9. The molecule has 0 heterocycles. The van der Waals surface area contributed by atoms with E-state index in [1.807, 2.05) is 91.0 Å². The molecule has 204 valence electrons. The van der Waals surface area contributed by atoms with Crippen LogP contribution in [0.2, 0.25) is 0 Å². The summed E-state index contributed by atoms with van der Waals surface area (Å²) in [5.74, 6) is -2.35. The summed E-state index contributed by atoms with van der Waals surface area (Å²) >= 11 is 0. The Balaban J connectivity index is 1.30. The zero-order chi connectivity index (χ0) is 28.0. The number of rotatable bonds is 13. The molecule has 0 radical (unpaired) electrons. The lowest BCUT2D eigenvalue weighted by atomic mass is 10.0. The highest BCUT2D eigenvalue weighted by Gasteiger charge is 2.30. The van der Waals surface area contributed by atoms with Crippen LogP contribution in [0, 0.1) is 5.92 Å². The summed E-state index contributed by atoms with van der Waals surface area (Å²) in [6.45, 7) is 0.481. The number of esters is 2. The summed E-state index contributed by atoms with van der Waals surface area (Å²) in [5.41, 5.74) is 3.22. The van der Waals surface area contributed by atoms with Gasteiger partial charge in [-0.05, 0) is 47.4 Å². The van der Waals surface area contributed by atoms with E-state index >= 15 is 0 Å². The monoisotopic (exact) mass is 537 g/mol. The lowest BCUT2D eigenvalue weighted by Gasteiger charge is -2.16. The molecule has 0 saturated carbocycles. The molecule has 0 spiro atoms. The summed E-state index contributed by atoms with van der Waals surface area (Å²) in [4.78, 5) is 38.4. The molecule has 0 aromatic heterocycles. The molecule has 7 heteroatoms. The van der Waals surface area contributed by atoms with E-state index in [0.717, 1.165) is 16.7 Å². The smallest absolute Gasteiger partial charge is 0.320 e. The molecule has 7 nitrogen and oxygen atoms in total. The normalized spacial score (nSPS) is 10.5. The number of hydrogen-bond acceptors (Lipinski definition) is 6. The van der Waals surface area contributed by atoms with E-state index in [-0.39, 0.29) is 32.0 Å². The van der Waals surface area contributed by atoms with Crippen molar-refractivity contribution in [2.75, 3.05) is 5.32 Å². The van der Waals surface area contributed by atoms with E-state index in [0.29, 0.717) is 18.0 Å². The van der Waals surface area contributed by atoms with Crippen molar-refractivity contribution in [1.82, 2.24) is 0 Å². The molecule has 0 fully saturated rings. The van der Waals surface area contributed by atoms with Crippen LogP contribution in [0.1, 0.15) is 29.5 Å². The van der Waals surface area contributed by atoms with Gasteiger partial charge in [-0.2, -0.15) is 0 Å². The van der Waals surface area contributed by atoms with Crippen LogP contribution in [0.25, 0.3) is 0 Å².